The van der Waals surface area contributed by atoms with Gasteiger partial charge >= 0.3 is 0 Å². The lowest BCUT2D eigenvalue weighted by Gasteiger charge is -2.38. The van der Waals surface area contributed by atoms with Crippen molar-refractivity contribution in [1.29, 1.82) is 0 Å². The van der Waals surface area contributed by atoms with Crippen LogP contribution in [-0.4, -0.2) is 34.5 Å². The van der Waals surface area contributed by atoms with Gasteiger partial charge in [-0.05, 0) is 25.8 Å². The van der Waals surface area contributed by atoms with Gasteiger partial charge in [-0.3, -0.25) is 4.79 Å². The molecule has 0 atom stereocenters. The first-order valence-electron chi connectivity index (χ1n) is 8.77. The predicted molar refractivity (Wildman–Crippen MR) is 107 cm³/mol. The standard InChI is InChI=1S/C18H21ClN6OS/c1-18(21)3-6-25(7-4-18)16-10-8-24-17(26)13(10)12(9-23-16)27-11-2-5-22-15(20)14(11)19/h2,5,9H,3-4,6-8,21H2,1H3,(H2,20,22)(H,24,26). The number of nitrogens with zero attached hydrogens (tertiary/aromatic N) is 3. The molecule has 7 nitrogen and oxygen atoms in total. The zero-order valence-electron chi connectivity index (χ0n) is 15.0. The smallest absolute Gasteiger partial charge is 0.253 e. The summed E-state index contributed by atoms with van der Waals surface area (Å²) in [5.41, 5.74) is 13.5. The minimum Gasteiger partial charge on any atom is -0.382 e. The molecule has 0 saturated carbocycles. The summed E-state index contributed by atoms with van der Waals surface area (Å²) >= 11 is 7.64. The average Bonchev–Trinajstić information content (AvgIpc) is 3.02. The van der Waals surface area contributed by atoms with Gasteiger partial charge in [-0.2, -0.15) is 0 Å². The van der Waals surface area contributed by atoms with Gasteiger partial charge in [0.2, 0.25) is 0 Å². The van der Waals surface area contributed by atoms with E-state index in [0.29, 0.717) is 17.1 Å². The van der Waals surface area contributed by atoms with E-state index in [-0.39, 0.29) is 17.3 Å². The van der Waals surface area contributed by atoms with Crippen LogP contribution in [0.25, 0.3) is 0 Å². The van der Waals surface area contributed by atoms with Gasteiger partial charge in [-0.25, -0.2) is 9.97 Å². The lowest BCUT2D eigenvalue weighted by molar-refractivity contribution is 0.0963. The first kappa shape index (κ1) is 18.3. The Morgan fingerprint density at radius 2 is 2.04 bits per heavy atom. The van der Waals surface area contributed by atoms with E-state index in [9.17, 15) is 4.79 Å². The Morgan fingerprint density at radius 3 is 2.78 bits per heavy atom. The fourth-order valence-corrected chi connectivity index (χ4v) is 4.62. The molecular formula is C18H21ClN6OS. The van der Waals surface area contributed by atoms with Crippen molar-refractivity contribution in [2.24, 2.45) is 5.73 Å². The van der Waals surface area contributed by atoms with Gasteiger partial charge < -0.3 is 21.7 Å². The molecule has 2 aliphatic heterocycles. The van der Waals surface area contributed by atoms with Crippen molar-refractivity contribution in [3.63, 3.8) is 0 Å². The Bertz CT molecular complexity index is 909. The first-order valence-corrected chi connectivity index (χ1v) is 9.97. The minimum atomic E-state index is -0.137. The largest absolute Gasteiger partial charge is 0.382 e. The number of nitrogens with two attached hydrogens (primary N) is 2. The number of nitrogens with one attached hydrogen (secondary N) is 1. The fraction of sp³-hybridized carbons (Fsp3) is 0.389. The summed E-state index contributed by atoms with van der Waals surface area (Å²) in [5.74, 6) is 1.05. The molecule has 1 saturated heterocycles. The molecule has 0 bridgehead atoms. The molecule has 27 heavy (non-hydrogen) atoms. The highest BCUT2D eigenvalue weighted by atomic mass is 35.5. The predicted octanol–water partition coefficient (Wildman–Crippen LogP) is 2.42. The summed E-state index contributed by atoms with van der Waals surface area (Å²) in [5, 5.41) is 3.31. The van der Waals surface area contributed by atoms with Crippen molar-refractivity contribution >= 4 is 40.9 Å². The highest BCUT2D eigenvalue weighted by molar-refractivity contribution is 7.99. The highest BCUT2D eigenvalue weighted by Gasteiger charge is 2.32. The Kier molecular flexibility index (Phi) is 4.65. The molecule has 0 radical (unpaired) electrons. The van der Waals surface area contributed by atoms with Crippen molar-refractivity contribution in [3.8, 4) is 0 Å². The number of carbonyl (C=O) groups excluding carboxylic acids is 1. The minimum absolute atomic E-state index is 0.0880. The van der Waals surface area contributed by atoms with Gasteiger partial charge in [0.25, 0.3) is 5.91 Å². The quantitative estimate of drug-likeness (QED) is 0.720. The molecule has 0 aliphatic carbocycles. The first-order chi connectivity index (χ1) is 12.9. The molecule has 1 fully saturated rings. The Morgan fingerprint density at radius 1 is 1.30 bits per heavy atom. The molecular weight excluding hydrogens is 384 g/mol. The van der Waals surface area contributed by atoms with E-state index in [1.807, 2.05) is 0 Å². The van der Waals surface area contributed by atoms with E-state index in [1.165, 1.54) is 11.8 Å². The number of hydrogen-bond donors (Lipinski definition) is 3. The topological polar surface area (TPSA) is 110 Å². The van der Waals surface area contributed by atoms with Gasteiger partial charge in [-0.1, -0.05) is 23.4 Å². The molecule has 0 unspecified atom stereocenters. The van der Waals surface area contributed by atoms with E-state index < -0.39 is 0 Å². The molecule has 142 valence electrons. The number of fused-ring (bicyclic) bond motifs is 1. The number of rotatable bonds is 3. The number of piperidine rings is 1. The van der Waals surface area contributed by atoms with Crippen LogP contribution >= 0.6 is 23.4 Å². The lowest BCUT2D eigenvalue weighted by Crippen LogP contribution is -2.48. The second-order valence-electron chi connectivity index (χ2n) is 7.23. The Labute approximate surface area is 166 Å². The molecule has 2 aromatic heterocycles. The second kappa shape index (κ2) is 6.85. The zero-order chi connectivity index (χ0) is 19.2. The molecule has 5 N–H and O–H groups in total. The SMILES string of the molecule is CC1(N)CCN(c2ncc(Sc3ccnc(N)c3Cl)c3c2CNC3=O)CC1. The maximum atomic E-state index is 12.5. The number of nitrogen functional groups attached to an aromatic ring is 1. The summed E-state index contributed by atoms with van der Waals surface area (Å²) in [4.78, 5) is 24.9. The molecule has 0 spiro atoms. The monoisotopic (exact) mass is 404 g/mol. The number of anilines is 2. The molecule has 4 rings (SSSR count). The van der Waals surface area contributed by atoms with Gasteiger partial charge in [0.15, 0.2) is 0 Å². The van der Waals surface area contributed by atoms with Crippen LogP contribution in [0.1, 0.15) is 35.7 Å². The third-order valence-electron chi connectivity index (χ3n) is 5.08. The van der Waals surface area contributed by atoms with Crippen LogP contribution in [0.3, 0.4) is 0 Å². The molecule has 2 aliphatic rings. The summed E-state index contributed by atoms with van der Waals surface area (Å²) in [6.07, 6.45) is 5.14. The van der Waals surface area contributed by atoms with Crippen molar-refractivity contribution in [2.75, 3.05) is 23.7 Å². The maximum Gasteiger partial charge on any atom is 0.253 e. The fourth-order valence-electron chi connectivity index (χ4n) is 3.41. The van der Waals surface area contributed by atoms with Gasteiger partial charge in [0.05, 0.1) is 10.6 Å². The van der Waals surface area contributed by atoms with E-state index in [1.54, 1.807) is 18.5 Å². The number of amides is 1. The van der Waals surface area contributed by atoms with E-state index in [2.05, 4.69) is 27.1 Å². The molecule has 1 amide bonds. The number of pyridine rings is 2. The van der Waals surface area contributed by atoms with E-state index in [0.717, 1.165) is 47.1 Å². The van der Waals surface area contributed by atoms with E-state index >= 15 is 0 Å². The van der Waals surface area contributed by atoms with Gasteiger partial charge in [-0.15, -0.1) is 0 Å². The molecule has 0 aromatic carbocycles. The number of hydrogen-bond acceptors (Lipinski definition) is 7. The third-order valence-corrected chi connectivity index (χ3v) is 6.68. The van der Waals surface area contributed by atoms with Gasteiger partial charge in [0, 0.05) is 52.9 Å². The number of carbonyl (C=O) groups is 1. The highest BCUT2D eigenvalue weighted by Crippen LogP contribution is 2.40. The summed E-state index contributed by atoms with van der Waals surface area (Å²) in [7, 11) is 0. The molecule has 4 heterocycles. The Hall–Kier alpha value is -2.03. The van der Waals surface area contributed by atoms with Crippen LogP contribution in [0.4, 0.5) is 11.6 Å². The second-order valence-corrected chi connectivity index (χ2v) is 8.70. The van der Waals surface area contributed by atoms with Crippen LogP contribution in [0.5, 0.6) is 0 Å². The van der Waals surface area contributed by atoms with Crippen LogP contribution < -0.4 is 21.7 Å². The van der Waals surface area contributed by atoms with Crippen molar-refractivity contribution in [2.45, 2.75) is 41.6 Å². The molecule has 9 heteroatoms. The number of aromatic nitrogens is 2. The van der Waals surface area contributed by atoms with Crippen LogP contribution in [-0.2, 0) is 6.54 Å². The number of halogens is 1. The summed E-state index contributed by atoms with van der Waals surface area (Å²) in [6.45, 7) is 4.23. The normalized spacial score (nSPS) is 18.3. The molecule has 2 aromatic rings. The average molecular weight is 405 g/mol. The Balaban J connectivity index is 1.69. The van der Waals surface area contributed by atoms with E-state index in [4.69, 9.17) is 23.1 Å². The van der Waals surface area contributed by atoms with Gasteiger partial charge in [0.1, 0.15) is 11.6 Å². The van der Waals surface area contributed by atoms with Crippen LogP contribution in [0.2, 0.25) is 5.02 Å². The summed E-state index contributed by atoms with van der Waals surface area (Å²) in [6, 6.07) is 1.78. The van der Waals surface area contributed by atoms with Crippen LogP contribution in [0.15, 0.2) is 28.3 Å². The van der Waals surface area contributed by atoms with Crippen molar-refractivity contribution in [1.82, 2.24) is 15.3 Å². The lowest BCUT2D eigenvalue weighted by atomic mass is 9.91. The third kappa shape index (κ3) is 3.44. The van der Waals surface area contributed by atoms with Crippen LogP contribution in [0, 0.1) is 0 Å². The maximum absolute atomic E-state index is 12.5. The van der Waals surface area contributed by atoms with Crippen molar-refractivity contribution in [3.05, 3.63) is 34.6 Å². The van der Waals surface area contributed by atoms with Crippen molar-refractivity contribution < 1.29 is 4.79 Å². The summed E-state index contributed by atoms with van der Waals surface area (Å²) < 4.78 is 0. The zero-order valence-corrected chi connectivity index (χ0v) is 16.5.